The Hall–Kier alpha value is -1.30. The third-order valence-corrected chi connectivity index (χ3v) is 3.77. The summed E-state index contributed by atoms with van der Waals surface area (Å²) in [4.78, 5) is 0. The SMILES string of the molecule is [CH2]CCCC/C=C\C/C=C\C/C=C\C/C=C\C/C=C\CCCCC. The minimum absolute atomic E-state index is 1.04. The Kier molecular flexibility index (Phi) is 20.5. The van der Waals surface area contributed by atoms with Crippen molar-refractivity contribution in [3.05, 3.63) is 67.7 Å². The predicted octanol–water partition coefficient (Wildman–Crippen LogP) is 8.30. The molecule has 0 aliphatic rings. The molecule has 0 spiro atoms. The van der Waals surface area contributed by atoms with Gasteiger partial charge in [-0.15, -0.1) is 0 Å². The van der Waals surface area contributed by atoms with Crippen LogP contribution in [-0.4, -0.2) is 0 Å². The Balaban J connectivity index is 3.42. The van der Waals surface area contributed by atoms with Gasteiger partial charge in [0.1, 0.15) is 0 Å². The van der Waals surface area contributed by atoms with Crippen LogP contribution in [0.3, 0.4) is 0 Å². The van der Waals surface area contributed by atoms with Crippen molar-refractivity contribution in [3.63, 3.8) is 0 Å². The molecular formula is C24H39. The predicted molar refractivity (Wildman–Crippen MR) is 112 cm³/mol. The van der Waals surface area contributed by atoms with Crippen LogP contribution in [0.25, 0.3) is 0 Å². The lowest BCUT2D eigenvalue weighted by atomic mass is 10.2. The van der Waals surface area contributed by atoms with Crippen LogP contribution in [0, 0.1) is 6.92 Å². The van der Waals surface area contributed by atoms with Crippen LogP contribution in [0.15, 0.2) is 60.8 Å². The van der Waals surface area contributed by atoms with Gasteiger partial charge in [0.25, 0.3) is 0 Å². The molecule has 0 heterocycles. The van der Waals surface area contributed by atoms with Gasteiger partial charge in [0.15, 0.2) is 0 Å². The lowest BCUT2D eigenvalue weighted by Crippen LogP contribution is -1.70. The van der Waals surface area contributed by atoms with Gasteiger partial charge in [-0.2, -0.15) is 0 Å². The second-order valence-electron chi connectivity index (χ2n) is 6.14. The van der Waals surface area contributed by atoms with E-state index in [-0.39, 0.29) is 0 Å². The fourth-order valence-corrected chi connectivity index (χ4v) is 2.27. The van der Waals surface area contributed by atoms with Crippen LogP contribution in [0.1, 0.15) is 84.0 Å². The van der Waals surface area contributed by atoms with E-state index in [1.165, 1.54) is 44.9 Å². The van der Waals surface area contributed by atoms with Gasteiger partial charge >= 0.3 is 0 Å². The summed E-state index contributed by atoms with van der Waals surface area (Å²) in [6.45, 7) is 6.11. The van der Waals surface area contributed by atoms with Gasteiger partial charge in [-0.05, 0) is 51.4 Å². The molecule has 0 aromatic heterocycles. The Morgan fingerprint density at radius 2 is 0.875 bits per heavy atom. The zero-order valence-electron chi connectivity index (χ0n) is 16.0. The average molecular weight is 328 g/mol. The second-order valence-corrected chi connectivity index (χ2v) is 6.14. The van der Waals surface area contributed by atoms with Crippen molar-refractivity contribution in [2.75, 3.05) is 0 Å². The number of rotatable bonds is 16. The largest absolute Gasteiger partial charge is 0.0882 e. The molecule has 0 unspecified atom stereocenters. The van der Waals surface area contributed by atoms with Gasteiger partial charge in [-0.3, -0.25) is 0 Å². The summed E-state index contributed by atoms with van der Waals surface area (Å²) in [7, 11) is 0. The van der Waals surface area contributed by atoms with E-state index >= 15 is 0 Å². The van der Waals surface area contributed by atoms with Crippen molar-refractivity contribution in [2.45, 2.75) is 84.0 Å². The molecule has 0 atom stereocenters. The quantitative estimate of drug-likeness (QED) is 0.197. The summed E-state index contributed by atoms with van der Waals surface area (Å²) >= 11 is 0. The molecule has 0 fully saturated rings. The Morgan fingerprint density at radius 3 is 1.25 bits per heavy atom. The molecule has 0 amide bonds. The third kappa shape index (κ3) is 20.7. The molecule has 1 radical (unpaired) electrons. The highest BCUT2D eigenvalue weighted by Gasteiger charge is 1.81. The van der Waals surface area contributed by atoms with Crippen LogP contribution in [0.4, 0.5) is 0 Å². The van der Waals surface area contributed by atoms with Crippen molar-refractivity contribution in [1.82, 2.24) is 0 Å². The summed E-state index contributed by atoms with van der Waals surface area (Å²) in [5.74, 6) is 0. The monoisotopic (exact) mass is 327 g/mol. The first-order valence-corrected chi connectivity index (χ1v) is 9.96. The van der Waals surface area contributed by atoms with Crippen LogP contribution in [0.5, 0.6) is 0 Å². The number of hydrogen-bond acceptors (Lipinski definition) is 0. The van der Waals surface area contributed by atoms with E-state index in [1.54, 1.807) is 0 Å². The molecule has 0 nitrogen and oxygen atoms in total. The number of allylic oxidation sites excluding steroid dienone is 10. The van der Waals surface area contributed by atoms with Gasteiger partial charge in [-0.1, -0.05) is 100 Å². The van der Waals surface area contributed by atoms with E-state index in [1.807, 2.05) is 0 Å². The second kappa shape index (κ2) is 21.7. The maximum absolute atomic E-state index is 3.86. The van der Waals surface area contributed by atoms with E-state index in [2.05, 4.69) is 74.6 Å². The third-order valence-electron chi connectivity index (χ3n) is 3.77. The molecule has 0 aliphatic carbocycles. The molecule has 0 aromatic rings. The molecule has 0 heteroatoms. The van der Waals surface area contributed by atoms with Crippen molar-refractivity contribution < 1.29 is 0 Å². The minimum atomic E-state index is 1.04. The molecule has 0 saturated carbocycles. The van der Waals surface area contributed by atoms with Gasteiger partial charge in [-0.25, -0.2) is 0 Å². The Bertz CT molecular complexity index is 329. The fraction of sp³-hybridized carbons (Fsp3) is 0.542. The van der Waals surface area contributed by atoms with E-state index in [0.29, 0.717) is 0 Å². The lowest BCUT2D eigenvalue weighted by Gasteiger charge is -1.90. The van der Waals surface area contributed by atoms with E-state index in [9.17, 15) is 0 Å². The zero-order chi connectivity index (χ0) is 17.6. The molecule has 135 valence electrons. The van der Waals surface area contributed by atoms with E-state index in [4.69, 9.17) is 0 Å². The summed E-state index contributed by atoms with van der Waals surface area (Å²) in [6, 6.07) is 0. The van der Waals surface area contributed by atoms with Gasteiger partial charge in [0.2, 0.25) is 0 Å². The van der Waals surface area contributed by atoms with Crippen LogP contribution in [0.2, 0.25) is 0 Å². The minimum Gasteiger partial charge on any atom is -0.0882 e. The van der Waals surface area contributed by atoms with Crippen LogP contribution >= 0.6 is 0 Å². The molecular weight excluding hydrogens is 288 g/mol. The molecule has 24 heavy (non-hydrogen) atoms. The van der Waals surface area contributed by atoms with Crippen LogP contribution < -0.4 is 0 Å². The fourth-order valence-electron chi connectivity index (χ4n) is 2.27. The lowest BCUT2D eigenvalue weighted by molar-refractivity contribution is 0.728. The molecule has 0 aliphatic heterocycles. The Morgan fingerprint density at radius 1 is 0.500 bits per heavy atom. The van der Waals surface area contributed by atoms with Crippen molar-refractivity contribution in [2.24, 2.45) is 0 Å². The highest BCUT2D eigenvalue weighted by atomic mass is 13.9. The summed E-state index contributed by atoms with van der Waals surface area (Å²) in [5, 5.41) is 0. The maximum atomic E-state index is 3.86. The van der Waals surface area contributed by atoms with Crippen LogP contribution in [-0.2, 0) is 0 Å². The molecule has 0 rings (SSSR count). The van der Waals surface area contributed by atoms with Gasteiger partial charge in [0.05, 0.1) is 0 Å². The first-order valence-electron chi connectivity index (χ1n) is 9.96. The summed E-state index contributed by atoms with van der Waals surface area (Å²) in [6.07, 6.45) is 36.9. The molecule has 0 bridgehead atoms. The number of hydrogen-bond donors (Lipinski definition) is 0. The van der Waals surface area contributed by atoms with E-state index in [0.717, 1.165) is 32.1 Å². The zero-order valence-corrected chi connectivity index (χ0v) is 16.0. The summed E-state index contributed by atoms with van der Waals surface area (Å²) < 4.78 is 0. The van der Waals surface area contributed by atoms with Crippen molar-refractivity contribution >= 4 is 0 Å². The highest BCUT2D eigenvalue weighted by Crippen LogP contribution is 2.02. The summed E-state index contributed by atoms with van der Waals surface area (Å²) in [5.41, 5.74) is 0. The number of unbranched alkanes of at least 4 members (excludes halogenated alkanes) is 6. The topological polar surface area (TPSA) is 0 Å². The van der Waals surface area contributed by atoms with Gasteiger partial charge < -0.3 is 0 Å². The molecule has 0 saturated heterocycles. The normalized spacial score (nSPS) is 12.9. The standard InChI is InChI=1S/C24H39/c1-3-5-7-9-11-13-15-17-19-21-23-24-22-20-18-16-14-12-10-8-6-4-2/h11-14,17-20,23-24H,1,3-10,15-16,21-22H2,2H3/b13-11-,14-12-,19-17-,20-18-,24-23-. The smallest absolute Gasteiger partial charge is 0.0169 e. The van der Waals surface area contributed by atoms with E-state index < -0.39 is 0 Å². The molecule has 0 aromatic carbocycles. The first-order chi connectivity index (χ1) is 11.9. The van der Waals surface area contributed by atoms with Gasteiger partial charge in [0, 0.05) is 0 Å². The van der Waals surface area contributed by atoms with Crippen molar-refractivity contribution in [3.8, 4) is 0 Å². The van der Waals surface area contributed by atoms with Crippen molar-refractivity contribution in [1.29, 1.82) is 0 Å². The maximum Gasteiger partial charge on any atom is -0.0169 e. The Labute approximate surface area is 152 Å². The average Bonchev–Trinajstić information content (AvgIpc) is 2.60. The first kappa shape index (κ1) is 22.7. The molecule has 0 N–H and O–H groups in total. The highest BCUT2D eigenvalue weighted by molar-refractivity contribution is 5.00.